The van der Waals surface area contributed by atoms with Crippen molar-refractivity contribution in [2.45, 2.75) is 44.2 Å². The van der Waals surface area contributed by atoms with E-state index < -0.39 is 0 Å². The standard InChI is InChI=1S/C12H22N2O2/c1-16-9-10-5-4-8-14(10)12(15)11-6-2-3-7-13-11/h10-11,13H,2-9H2,1H3. The summed E-state index contributed by atoms with van der Waals surface area (Å²) in [5.74, 6) is 0.291. The molecule has 2 aliphatic heterocycles. The molecule has 2 atom stereocenters. The van der Waals surface area contributed by atoms with E-state index in [2.05, 4.69) is 5.32 Å². The highest BCUT2D eigenvalue weighted by atomic mass is 16.5. The van der Waals surface area contributed by atoms with E-state index >= 15 is 0 Å². The van der Waals surface area contributed by atoms with Gasteiger partial charge in [-0.1, -0.05) is 6.42 Å². The molecule has 2 heterocycles. The van der Waals surface area contributed by atoms with Crippen LogP contribution < -0.4 is 5.32 Å². The summed E-state index contributed by atoms with van der Waals surface area (Å²) in [6.45, 7) is 2.57. The molecule has 0 aromatic rings. The highest BCUT2D eigenvalue weighted by Crippen LogP contribution is 2.20. The minimum Gasteiger partial charge on any atom is -0.383 e. The molecule has 4 nitrogen and oxygen atoms in total. The summed E-state index contributed by atoms with van der Waals surface area (Å²) >= 11 is 0. The molecule has 2 rings (SSSR count). The van der Waals surface area contributed by atoms with Crippen LogP contribution in [0.4, 0.5) is 0 Å². The van der Waals surface area contributed by atoms with Gasteiger partial charge in [0.15, 0.2) is 0 Å². The molecular formula is C12H22N2O2. The summed E-state index contributed by atoms with van der Waals surface area (Å²) in [6, 6.07) is 0.368. The molecule has 4 heteroatoms. The Morgan fingerprint density at radius 3 is 2.94 bits per heavy atom. The van der Waals surface area contributed by atoms with Gasteiger partial charge in [0.05, 0.1) is 18.7 Å². The summed E-state index contributed by atoms with van der Waals surface area (Å²) in [7, 11) is 1.71. The Hall–Kier alpha value is -0.610. The van der Waals surface area contributed by atoms with E-state index in [-0.39, 0.29) is 6.04 Å². The molecule has 2 aliphatic rings. The Morgan fingerprint density at radius 1 is 1.38 bits per heavy atom. The molecule has 2 saturated heterocycles. The third-order valence-corrected chi connectivity index (χ3v) is 3.63. The van der Waals surface area contributed by atoms with Crippen molar-refractivity contribution in [1.29, 1.82) is 0 Å². The molecule has 2 fully saturated rings. The van der Waals surface area contributed by atoms with Gasteiger partial charge < -0.3 is 15.0 Å². The number of ether oxygens (including phenoxy) is 1. The first kappa shape index (κ1) is 11.9. The number of methoxy groups -OCH3 is 1. The first-order chi connectivity index (χ1) is 7.83. The zero-order chi connectivity index (χ0) is 11.4. The van der Waals surface area contributed by atoms with Crippen LogP contribution >= 0.6 is 0 Å². The fourth-order valence-electron chi connectivity index (χ4n) is 2.75. The van der Waals surface area contributed by atoms with E-state index in [0.717, 1.165) is 32.4 Å². The van der Waals surface area contributed by atoms with Gasteiger partial charge >= 0.3 is 0 Å². The maximum Gasteiger partial charge on any atom is 0.240 e. The minimum atomic E-state index is 0.0613. The predicted octanol–water partition coefficient (Wildman–Crippen LogP) is 0.766. The smallest absolute Gasteiger partial charge is 0.240 e. The number of carbonyl (C=O) groups excluding carboxylic acids is 1. The van der Waals surface area contributed by atoms with Crippen LogP contribution in [0.2, 0.25) is 0 Å². The van der Waals surface area contributed by atoms with Crippen LogP contribution in [0.5, 0.6) is 0 Å². The highest BCUT2D eigenvalue weighted by molar-refractivity contribution is 5.82. The number of nitrogens with one attached hydrogen (secondary N) is 1. The average Bonchev–Trinajstić information content (AvgIpc) is 2.78. The Kier molecular flexibility index (Phi) is 4.18. The van der Waals surface area contributed by atoms with Gasteiger partial charge in [0, 0.05) is 13.7 Å². The number of rotatable bonds is 3. The third-order valence-electron chi connectivity index (χ3n) is 3.63. The normalized spacial score (nSPS) is 30.7. The van der Waals surface area contributed by atoms with E-state index in [1.165, 1.54) is 12.8 Å². The third kappa shape index (κ3) is 2.55. The lowest BCUT2D eigenvalue weighted by Gasteiger charge is -2.30. The molecule has 1 amide bonds. The van der Waals surface area contributed by atoms with E-state index in [0.29, 0.717) is 18.6 Å². The van der Waals surface area contributed by atoms with Crippen molar-refractivity contribution in [2.75, 3.05) is 26.8 Å². The zero-order valence-electron chi connectivity index (χ0n) is 10.1. The highest BCUT2D eigenvalue weighted by Gasteiger charge is 2.33. The summed E-state index contributed by atoms with van der Waals surface area (Å²) in [5.41, 5.74) is 0. The predicted molar refractivity (Wildman–Crippen MR) is 62.3 cm³/mol. The number of nitrogens with zero attached hydrogens (tertiary/aromatic N) is 1. The lowest BCUT2D eigenvalue weighted by atomic mass is 10.0. The Morgan fingerprint density at radius 2 is 2.25 bits per heavy atom. The van der Waals surface area contributed by atoms with Gasteiger partial charge in [0.1, 0.15) is 0 Å². The second-order valence-electron chi connectivity index (χ2n) is 4.79. The van der Waals surface area contributed by atoms with Gasteiger partial charge in [-0.3, -0.25) is 4.79 Å². The van der Waals surface area contributed by atoms with Gasteiger partial charge in [-0.05, 0) is 32.2 Å². The second kappa shape index (κ2) is 5.64. The molecule has 0 radical (unpaired) electrons. The summed E-state index contributed by atoms with van der Waals surface area (Å²) in [5, 5.41) is 3.33. The van der Waals surface area contributed by atoms with Crippen molar-refractivity contribution in [3.63, 3.8) is 0 Å². The van der Waals surface area contributed by atoms with Crippen LogP contribution in [0.1, 0.15) is 32.1 Å². The largest absolute Gasteiger partial charge is 0.383 e. The number of piperidine rings is 1. The van der Waals surface area contributed by atoms with Crippen LogP contribution in [-0.2, 0) is 9.53 Å². The molecule has 0 bridgehead atoms. The fourth-order valence-corrected chi connectivity index (χ4v) is 2.75. The van der Waals surface area contributed by atoms with Gasteiger partial charge in [0.25, 0.3) is 0 Å². The summed E-state index contributed by atoms with van der Waals surface area (Å²) in [4.78, 5) is 14.3. The molecule has 2 unspecified atom stereocenters. The van der Waals surface area contributed by atoms with Crippen LogP contribution in [0.3, 0.4) is 0 Å². The van der Waals surface area contributed by atoms with Gasteiger partial charge in [-0.15, -0.1) is 0 Å². The Bertz CT molecular complexity index is 239. The molecule has 16 heavy (non-hydrogen) atoms. The van der Waals surface area contributed by atoms with Crippen LogP contribution in [0, 0.1) is 0 Å². The Labute approximate surface area is 97.3 Å². The number of hydrogen-bond donors (Lipinski definition) is 1. The van der Waals surface area contributed by atoms with Crippen molar-refractivity contribution >= 4 is 5.91 Å². The van der Waals surface area contributed by atoms with Crippen molar-refractivity contribution in [2.24, 2.45) is 0 Å². The Balaban J connectivity index is 1.91. The van der Waals surface area contributed by atoms with Crippen molar-refractivity contribution in [3.05, 3.63) is 0 Å². The molecule has 0 aromatic carbocycles. The molecular weight excluding hydrogens is 204 g/mol. The van der Waals surface area contributed by atoms with Crippen LogP contribution in [-0.4, -0.2) is 49.7 Å². The molecule has 92 valence electrons. The number of carbonyl (C=O) groups is 1. The first-order valence-corrected chi connectivity index (χ1v) is 6.35. The molecule has 0 spiro atoms. The first-order valence-electron chi connectivity index (χ1n) is 6.35. The van der Waals surface area contributed by atoms with E-state index in [1.807, 2.05) is 4.90 Å². The van der Waals surface area contributed by atoms with Crippen LogP contribution in [0.25, 0.3) is 0 Å². The maximum absolute atomic E-state index is 12.3. The minimum absolute atomic E-state index is 0.0613. The monoisotopic (exact) mass is 226 g/mol. The van der Waals surface area contributed by atoms with Crippen molar-refractivity contribution in [3.8, 4) is 0 Å². The van der Waals surface area contributed by atoms with E-state index in [1.54, 1.807) is 7.11 Å². The number of likely N-dealkylation sites (tertiary alicyclic amines) is 1. The second-order valence-corrected chi connectivity index (χ2v) is 4.79. The molecule has 0 aliphatic carbocycles. The fraction of sp³-hybridized carbons (Fsp3) is 0.917. The van der Waals surface area contributed by atoms with E-state index in [9.17, 15) is 4.79 Å². The average molecular weight is 226 g/mol. The van der Waals surface area contributed by atoms with Crippen molar-refractivity contribution in [1.82, 2.24) is 10.2 Å². The quantitative estimate of drug-likeness (QED) is 0.772. The van der Waals surface area contributed by atoms with Gasteiger partial charge in [0.2, 0.25) is 5.91 Å². The molecule has 1 N–H and O–H groups in total. The molecule has 0 aromatic heterocycles. The lowest BCUT2D eigenvalue weighted by Crippen LogP contribution is -2.50. The van der Waals surface area contributed by atoms with Crippen molar-refractivity contribution < 1.29 is 9.53 Å². The topological polar surface area (TPSA) is 41.6 Å². The summed E-state index contributed by atoms with van der Waals surface area (Å²) < 4.78 is 5.18. The van der Waals surface area contributed by atoms with Crippen LogP contribution in [0.15, 0.2) is 0 Å². The van der Waals surface area contributed by atoms with Gasteiger partial charge in [-0.25, -0.2) is 0 Å². The maximum atomic E-state index is 12.3. The number of hydrogen-bond acceptors (Lipinski definition) is 3. The van der Waals surface area contributed by atoms with Gasteiger partial charge in [-0.2, -0.15) is 0 Å². The lowest BCUT2D eigenvalue weighted by molar-refractivity contribution is -0.135. The summed E-state index contributed by atoms with van der Waals surface area (Å²) in [6.07, 6.45) is 5.57. The molecule has 0 saturated carbocycles. The zero-order valence-corrected chi connectivity index (χ0v) is 10.1. The SMILES string of the molecule is COCC1CCCN1C(=O)C1CCCCN1. The number of amides is 1. The van der Waals surface area contributed by atoms with E-state index in [4.69, 9.17) is 4.74 Å².